The number of carbonyl (C=O) groups is 1. The topological polar surface area (TPSA) is 72.4 Å². The molecule has 0 bridgehead atoms. The molecule has 0 radical (unpaired) electrons. The number of thiophene rings is 1. The van der Waals surface area contributed by atoms with Crippen LogP contribution in [0.15, 0.2) is 79.0 Å². The number of imidazole rings is 1. The molecule has 5 heterocycles. The van der Waals surface area contributed by atoms with Gasteiger partial charge in [0.05, 0.1) is 40.6 Å². The third-order valence-electron chi connectivity index (χ3n) is 8.32. The van der Waals surface area contributed by atoms with Gasteiger partial charge in [0.15, 0.2) is 0 Å². The quantitative estimate of drug-likeness (QED) is 0.209. The molecule has 3 unspecified atom stereocenters. The summed E-state index contributed by atoms with van der Waals surface area (Å²) >= 11 is 8.11. The van der Waals surface area contributed by atoms with Crippen LogP contribution in [0.5, 0.6) is 5.75 Å². The van der Waals surface area contributed by atoms with E-state index in [1.807, 2.05) is 36.4 Å². The van der Waals surface area contributed by atoms with Crippen LogP contribution in [0.2, 0.25) is 5.02 Å². The Balaban J connectivity index is 1.18. The summed E-state index contributed by atoms with van der Waals surface area (Å²) in [6.45, 7) is 5.37. The highest BCUT2D eigenvalue weighted by Gasteiger charge is 2.40. The molecule has 1 N–H and O–H groups in total. The van der Waals surface area contributed by atoms with Gasteiger partial charge in [-0.25, -0.2) is 14.2 Å². The van der Waals surface area contributed by atoms with Crippen LogP contribution in [0, 0.1) is 0 Å². The maximum absolute atomic E-state index is 14.6. The highest BCUT2D eigenvalue weighted by atomic mass is 35.5. The van der Waals surface area contributed by atoms with Crippen molar-refractivity contribution in [2.24, 2.45) is 0 Å². The number of ether oxygens (including phenoxy) is 2. The van der Waals surface area contributed by atoms with Gasteiger partial charge in [0.25, 0.3) is 0 Å². The van der Waals surface area contributed by atoms with Crippen LogP contribution in [0.25, 0.3) is 43.5 Å². The number of amides is 1. The number of H-pyrrole nitrogens is 1. The number of hydrogen-bond donors (Lipinski definition) is 1. The second-order valence-corrected chi connectivity index (χ2v) is 14.2. The van der Waals surface area contributed by atoms with Gasteiger partial charge in [-0.3, -0.25) is 9.47 Å². The Hall–Kier alpha value is -4.34. The summed E-state index contributed by atoms with van der Waals surface area (Å²) in [4.78, 5) is 23.3. The van der Waals surface area contributed by atoms with Crippen molar-refractivity contribution in [1.82, 2.24) is 19.4 Å². The Kier molecular flexibility index (Phi) is 6.48. The second-order valence-electron chi connectivity index (χ2n) is 12.6. The molecule has 1 fully saturated rings. The monoisotopic (exact) mass is 640 g/mol. The maximum atomic E-state index is 14.6. The van der Waals surface area contributed by atoms with Crippen molar-refractivity contribution in [1.29, 1.82) is 0 Å². The van der Waals surface area contributed by atoms with Crippen LogP contribution in [0.4, 0.5) is 9.18 Å². The van der Waals surface area contributed by atoms with Gasteiger partial charge >= 0.3 is 6.09 Å². The number of nitrogens with one attached hydrogen (secondary N) is 1. The minimum Gasteiger partial charge on any atom is -0.464 e. The average molecular weight is 641 g/mol. The fraction of sp³-hybridized carbons (Fsp3) is 0.257. The van der Waals surface area contributed by atoms with E-state index < -0.39 is 23.9 Å². The van der Waals surface area contributed by atoms with Gasteiger partial charge in [0, 0.05) is 32.7 Å². The summed E-state index contributed by atoms with van der Waals surface area (Å²) in [5, 5.41) is 2.90. The van der Waals surface area contributed by atoms with E-state index in [1.54, 1.807) is 38.3 Å². The molecule has 6 aromatic rings. The third-order valence-corrected chi connectivity index (χ3v) is 9.70. The molecule has 0 saturated carbocycles. The second kappa shape index (κ2) is 10.4. The van der Waals surface area contributed by atoms with Crippen LogP contribution in [0.1, 0.15) is 50.2 Å². The first kappa shape index (κ1) is 28.2. The van der Waals surface area contributed by atoms with Crippen LogP contribution >= 0.6 is 22.9 Å². The number of halogens is 2. The number of alkyl halides is 1. The third kappa shape index (κ3) is 4.94. The lowest BCUT2D eigenvalue weighted by Crippen LogP contribution is -2.37. The predicted molar refractivity (Wildman–Crippen MR) is 176 cm³/mol. The van der Waals surface area contributed by atoms with Crippen LogP contribution < -0.4 is 4.74 Å². The molecule has 0 aliphatic carbocycles. The molecule has 3 atom stereocenters. The number of aromatic amines is 1. The fourth-order valence-electron chi connectivity index (χ4n) is 6.37. The van der Waals surface area contributed by atoms with Crippen LogP contribution in [-0.2, 0) is 4.74 Å². The fourth-order valence-corrected chi connectivity index (χ4v) is 7.63. The highest BCUT2D eigenvalue weighted by Crippen LogP contribution is 2.47. The van der Waals surface area contributed by atoms with E-state index in [0.29, 0.717) is 10.8 Å². The van der Waals surface area contributed by atoms with E-state index in [9.17, 15) is 9.18 Å². The zero-order valence-electron chi connectivity index (χ0n) is 24.9. The number of fused-ring (bicyclic) bond motifs is 6. The summed E-state index contributed by atoms with van der Waals surface area (Å²) in [7, 11) is 0. The van der Waals surface area contributed by atoms with Gasteiger partial charge in [-0.1, -0.05) is 35.9 Å². The normalized spacial score (nSPS) is 19.5. The van der Waals surface area contributed by atoms with E-state index in [2.05, 4.69) is 50.9 Å². The number of benzene rings is 3. The van der Waals surface area contributed by atoms with Gasteiger partial charge in [0.1, 0.15) is 23.3 Å². The molecule has 0 spiro atoms. The van der Waals surface area contributed by atoms with Crippen molar-refractivity contribution in [3.63, 3.8) is 0 Å². The predicted octanol–water partition coefficient (Wildman–Crippen LogP) is 9.53. The molecule has 1 amide bonds. The SMILES string of the molecule is CC(C)(C)OC(=O)N1CC(F)CC1c1ncc(-c2ccc3c(c2)OC(c2cc4ccccc4s2)n2c-3cc3cc(Cl)ccc32)[nH]1. The smallest absolute Gasteiger partial charge is 0.411 e. The maximum Gasteiger partial charge on any atom is 0.411 e. The summed E-state index contributed by atoms with van der Waals surface area (Å²) < 4.78 is 30.4. The lowest BCUT2D eigenvalue weighted by Gasteiger charge is -2.29. The minimum atomic E-state index is -1.15. The lowest BCUT2D eigenvalue weighted by molar-refractivity contribution is 0.0211. The molecule has 3 aromatic carbocycles. The summed E-state index contributed by atoms with van der Waals surface area (Å²) in [5.41, 5.74) is 3.99. The Labute approximate surface area is 268 Å². The number of aromatic nitrogens is 3. The molecule has 8 rings (SSSR count). The van der Waals surface area contributed by atoms with Crippen LogP contribution in [-0.4, -0.2) is 43.8 Å². The van der Waals surface area contributed by atoms with E-state index >= 15 is 0 Å². The van der Waals surface area contributed by atoms with E-state index in [1.165, 1.54) is 15.0 Å². The first-order valence-corrected chi connectivity index (χ1v) is 16.1. The van der Waals surface area contributed by atoms with Crippen molar-refractivity contribution in [3.8, 4) is 28.3 Å². The zero-order valence-corrected chi connectivity index (χ0v) is 26.5. The Bertz CT molecular complexity index is 2080. The largest absolute Gasteiger partial charge is 0.464 e. The molecule has 1 saturated heterocycles. The minimum absolute atomic E-state index is 0.0272. The first-order valence-electron chi connectivity index (χ1n) is 14.9. The van der Waals surface area contributed by atoms with Crippen molar-refractivity contribution in [3.05, 3.63) is 94.7 Å². The first-order chi connectivity index (χ1) is 21.6. The molecule has 2 aliphatic heterocycles. The van der Waals surface area contributed by atoms with Gasteiger partial charge in [0.2, 0.25) is 6.23 Å². The van der Waals surface area contributed by atoms with Crippen molar-refractivity contribution in [2.75, 3.05) is 6.54 Å². The summed E-state index contributed by atoms with van der Waals surface area (Å²) in [5.74, 6) is 1.27. The Morgan fingerprint density at radius 3 is 2.76 bits per heavy atom. The van der Waals surface area contributed by atoms with Gasteiger partial charge in [-0.05, 0) is 74.7 Å². The van der Waals surface area contributed by atoms with E-state index in [-0.39, 0.29) is 19.2 Å². The van der Waals surface area contributed by atoms with Crippen molar-refractivity contribution < 1.29 is 18.7 Å². The number of likely N-dealkylation sites (tertiary alicyclic amines) is 1. The Morgan fingerprint density at radius 1 is 1.09 bits per heavy atom. The number of carbonyl (C=O) groups excluding carboxylic acids is 1. The summed E-state index contributed by atoms with van der Waals surface area (Å²) in [6, 6.07) is 24.2. The number of hydrogen-bond acceptors (Lipinski definition) is 5. The summed E-state index contributed by atoms with van der Waals surface area (Å²) in [6.07, 6.45) is -0.192. The molecule has 45 heavy (non-hydrogen) atoms. The van der Waals surface area contributed by atoms with Gasteiger partial charge < -0.3 is 14.5 Å². The highest BCUT2D eigenvalue weighted by molar-refractivity contribution is 7.19. The average Bonchev–Trinajstić information content (AvgIpc) is 3.79. The van der Waals surface area contributed by atoms with Gasteiger partial charge in [-0.2, -0.15) is 0 Å². The van der Waals surface area contributed by atoms with Crippen molar-refractivity contribution >= 4 is 50.0 Å². The lowest BCUT2D eigenvalue weighted by atomic mass is 10.0. The zero-order chi connectivity index (χ0) is 31.0. The van der Waals surface area contributed by atoms with Crippen LogP contribution in [0.3, 0.4) is 0 Å². The van der Waals surface area contributed by atoms with Gasteiger partial charge in [-0.15, -0.1) is 11.3 Å². The molecular formula is C35H30ClFN4O3S. The molecule has 10 heteroatoms. The van der Waals surface area contributed by atoms with E-state index in [4.69, 9.17) is 21.1 Å². The standard InChI is InChI=1S/C35H30ClFN4O3S/c1-35(2,3)44-34(42)40-18-23(37)16-28(40)32-38-17-25(39-32)19-8-10-24-27-13-21-12-22(36)9-11-26(21)41(27)33(43-29(24)14-19)31-15-20-6-4-5-7-30(20)45-31/h4-15,17,23,28,33H,16,18H2,1-3H3,(H,38,39). The van der Waals surface area contributed by atoms with Crippen molar-refractivity contribution in [2.45, 2.75) is 51.2 Å². The molecule has 2 aliphatic rings. The molecule has 228 valence electrons. The van der Waals surface area contributed by atoms with E-state index in [0.717, 1.165) is 44.0 Å². The molecular weight excluding hydrogens is 611 g/mol. The Morgan fingerprint density at radius 2 is 1.93 bits per heavy atom. The number of rotatable bonds is 3. The molecule has 3 aromatic heterocycles. The molecule has 7 nitrogen and oxygen atoms in total. The number of nitrogens with zero attached hydrogens (tertiary/aromatic N) is 3.